The Balaban J connectivity index is 2.72. The molecule has 0 amide bonds. The molecule has 1 nitrogen and oxygen atoms in total. The first-order chi connectivity index (χ1) is 9.26. The third-order valence-corrected chi connectivity index (χ3v) is 3.15. The van der Waals surface area contributed by atoms with Crippen molar-refractivity contribution in [2.45, 2.75) is 46.0 Å². The molecule has 0 aliphatic rings. The number of hydrogen-bond donors (Lipinski definition) is 1. The van der Waals surface area contributed by atoms with Crippen molar-refractivity contribution >= 4 is 6.08 Å². The van der Waals surface area contributed by atoms with Gasteiger partial charge in [-0.15, -0.1) is 0 Å². The summed E-state index contributed by atoms with van der Waals surface area (Å²) in [5.74, 6) is 0. The van der Waals surface area contributed by atoms with E-state index in [1.807, 2.05) is 13.0 Å². The van der Waals surface area contributed by atoms with Crippen molar-refractivity contribution in [1.82, 2.24) is 0 Å². The molecule has 19 heavy (non-hydrogen) atoms. The maximum absolute atomic E-state index is 9.16. The van der Waals surface area contributed by atoms with E-state index < -0.39 is 0 Å². The summed E-state index contributed by atoms with van der Waals surface area (Å²) in [6.45, 7) is 4.35. The van der Waals surface area contributed by atoms with E-state index >= 15 is 0 Å². The molecular weight excluding hydrogens is 232 g/mol. The van der Waals surface area contributed by atoms with Gasteiger partial charge in [0.1, 0.15) is 0 Å². The molecule has 0 aliphatic carbocycles. The summed E-state index contributed by atoms with van der Waals surface area (Å²) in [4.78, 5) is 0. The smallest absolute Gasteiger partial charge is 0.0642 e. The lowest BCUT2D eigenvalue weighted by Gasteiger charge is -2.05. The standard InChI is InChI=1S/C18H26O/c1-3-4-5-7-12-18(13-16(2)15-19)14-17-10-8-6-9-11-17/h6,8-11,13-14,19H,3-5,7,12,15H2,1-2H3/b16-13-,18-14+. The summed E-state index contributed by atoms with van der Waals surface area (Å²) in [6, 6.07) is 10.4. The van der Waals surface area contributed by atoms with Gasteiger partial charge in [-0.3, -0.25) is 0 Å². The van der Waals surface area contributed by atoms with Gasteiger partial charge in [0.25, 0.3) is 0 Å². The van der Waals surface area contributed by atoms with E-state index in [2.05, 4.69) is 43.3 Å². The number of aliphatic hydroxyl groups is 1. The highest BCUT2D eigenvalue weighted by molar-refractivity contribution is 5.56. The molecule has 0 fully saturated rings. The fourth-order valence-corrected chi connectivity index (χ4v) is 2.07. The van der Waals surface area contributed by atoms with Crippen molar-refractivity contribution in [3.05, 3.63) is 53.1 Å². The van der Waals surface area contributed by atoms with E-state index in [4.69, 9.17) is 5.11 Å². The fraction of sp³-hybridized carbons (Fsp3) is 0.444. The summed E-state index contributed by atoms with van der Waals surface area (Å²) in [6.07, 6.45) is 10.5. The number of rotatable bonds is 8. The molecule has 0 saturated carbocycles. The zero-order valence-corrected chi connectivity index (χ0v) is 12.2. The third-order valence-electron chi connectivity index (χ3n) is 3.15. The van der Waals surface area contributed by atoms with Gasteiger partial charge in [-0.05, 0) is 36.5 Å². The fourth-order valence-electron chi connectivity index (χ4n) is 2.07. The number of hydrogen-bond acceptors (Lipinski definition) is 1. The van der Waals surface area contributed by atoms with Crippen LogP contribution >= 0.6 is 0 Å². The van der Waals surface area contributed by atoms with E-state index in [1.165, 1.54) is 36.8 Å². The van der Waals surface area contributed by atoms with Gasteiger partial charge in [-0.1, -0.05) is 68.7 Å². The Morgan fingerprint density at radius 3 is 2.47 bits per heavy atom. The maximum atomic E-state index is 9.16. The average molecular weight is 258 g/mol. The minimum Gasteiger partial charge on any atom is -0.392 e. The van der Waals surface area contributed by atoms with Gasteiger partial charge < -0.3 is 5.11 Å². The van der Waals surface area contributed by atoms with E-state index in [0.717, 1.165) is 12.0 Å². The Kier molecular flexibility index (Phi) is 7.92. The summed E-state index contributed by atoms with van der Waals surface area (Å²) in [5.41, 5.74) is 3.57. The van der Waals surface area contributed by atoms with Gasteiger partial charge in [-0.25, -0.2) is 0 Å². The SMILES string of the molecule is CCCCCCC(/C=C(/C)CO)=C\c1ccccc1. The highest BCUT2D eigenvalue weighted by Crippen LogP contribution is 2.17. The Hall–Kier alpha value is -1.34. The van der Waals surface area contributed by atoms with Gasteiger partial charge in [-0.2, -0.15) is 0 Å². The van der Waals surface area contributed by atoms with Crippen LogP contribution in [0.15, 0.2) is 47.6 Å². The largest absolute Gasteiger partial charge is 0.392 e. The van der Waals surface area contributed by atoms with Crippen molar-refractivity contribution in [2.24, 2.45) is 0 Å². The molecule has 0 atom stereocenters. The quantitative estimate of drug-likeness (QED) is 0.515. The van der Waals surface area contributed by atoms with Gasteiger partial charge in [0, 0.05) is 0 Å². The molecule has 0 unspecified atom stereocenters. The van der Waals surface area contributed by atoms with Gasteiger partial charge in [0.05, 0.1) is 6.61 Å². The topological polar surface area (TPSA) is 20.2 Å². The average Bonchev–Trinajstić information content (AvgIpc) is 2.44. The molecule has 0 spiro atoms. The molecule has 1 rings (SSSR count). The van der Waals surface area contributed by atoms with Crippen molar-refractivity contribution < 1.29 is 5.11 Å². The molecular formula is C18H26O. The van der Waals surface area contributed by atoms with Crippen LogP contribution in [0.1, 0.15) is 51.5 Å². The van der Waals surface area contributed by atoms with Crippen LogP contribution in [0.5, 0.6) is 0 Å². The van der Waals surface area contributed by atoms with Gasteiger partial charge in [0.2, 0.25) is 0 Å². The van der Waals surface area contributed by atoms with Crippen LogP contribution in [0, 0.1) is 0 Å². The van der Waals surface area contributed by atoms with Crippen LogP contribution in [-0.2, 0) is 0 Å². The molecule has 0 aliphatic heterocycles. The molecule has 0 bridgehead atoms. The first-order valence-electron chi connectivity index (χ1n) is 7.30. The summed E-state index contributed by atoms with van der Waals surface area (Å²) < 4.78 is 0. The molecule has 1 heteroatoms. The lowest BCUT2D eigenvalue weighted by molar-refractivity contribution is 0.331. The highest BCUT2D eigenvalue weighted by atomic mass is 16.3. The van der Waals surface area contributed by atoms with Crippen molar-refractivity contribution in [3.8, 4) is 0 Å². The van der Waals surface area contributed by atoms with Crippen molar-refractivity contribution in [1.29, 1.82) is 0 Å². The molecule has 1 N–H and O–H groups in total. The molecule has 0 radical (unpaired) electrons. The molecule has 0 aromatic heterocycles. The third kappa shape index (κ3) is 6.97. The maximum Gasteiger partial charge on any atom is 0.0642 e. The molecule has 0 heterocycles. The first-order valence-corrected chi connectivity index (χ1v) is 7.30. The zero-order valence-electron chi connectivity index (χ0n) is 12.2. The van der Waals surface area contributed by atoms with Crippen LogP contribution in [0.25, 0.3) is 6.08 Å². The number of unbranched alkanes of at least 4 members (excludes halogenated alkanes) is 3. The minimum atomic E-state index is 0.140. The van der Waals surface area contributed by atoms with Crippen LogP contribution < -0.4 is 0 Å². The Morgan fingerprint density at radius 1 is 1.11 bits per heavy atom. The lowest BCUT2D eigenvalue weighted by Crippen LogP contribution is -1.88. The number of allylic oxidation sites excluding steroid dienone is 2. The molecule has 1 aromatic carbocycles. The van der Waals surface area contributed by atoms with E-state index in [0.29, 0.717) is 0 Å². The van der Waals surface area contributed by atoms with Crippen molar-refractivity contribution in [3.63, 3.8) is 0 Å². The normalized spacial score (nSPS) is 12.8. The predicted molar refractivity (Wildman–Crippen MR) is 84.0 cm³/mol. The minimum absolute atomic E-state index is 0.140. The predicted octanol–water partition coefficient (Wildman–Crippen LogP) is 4.98. The van der Waals surface area contributed by atoms with Gasteiger partial charge in [0.15, 0.2) is 0 Å². The Morgan fingerprint density at radius 2 is 1.84 bits per heavy atom. The van der Waals surface area contributed by atoms with Gasteiger partial charge >= 0.3 is 0 Å². The van der Waals surface area contributed by atoms with Crippen LogP contribution in [0.4, 0.5) is 0 Å². The summed E-state index contributed by atoms with van der Waals surface area (Å²) in [7, 11) is 0. The number of aliphatic hydroxyl groups excluding tert-OH is 1. The highest BCUT2D eigenvalue weighted by Gasteiger charge is 1.97. The second-order valence-corrected chi connectivity index (χ2v) is 5.09. The van der Waals surface area contributed by atoms with Crippen LogP contribution in [-0.4, -0.2) is 11.7 Å². The second-order valence-electron chi connectivity index (χ2n) is 5.09. The van der Waals surface area contributed by atoms with Crippen LogP contribution in [0.3, 0.4) is 0 Å². The van der Waals surface area contributed by atoms with E-state index in [1.54, 1.807) is 0 Å². The first kappa shape index (κ1) is 15.7. The Labute approximate surface area is 117 Å². The van der Waals surface area contributed by atoms with E-state index in [9.17, 15) is 0 Å². The molecule has 104 valence electrons. The van der Waals surface area contributed by atoms with Crippen molar-refractivity contribution in [2.75, 3.05) is 6.61 Å². The lowest BCUT2D eigenvalue weighted by atomic mass is 10.0. The zero-order chi connectivity index (χ0) is 13.9. The Bertz CT molecular complexity index is 401. The molecule has 1 aromatic rings. The summed E-state index contributed by atoms with van der Waals surface area (Å²) in [5, 5.41) is 9.16. The van der Waals surface area contributed by atoms with E-state index in [-0.39, 0.29) is 6.61 Å². The second kappa shape index (κ2) is 9.57. The monoisotopic (exact) mass is 258 g/mol. The van der Waals surface area contributed by atoms with Crippen LogP contribution in [0.2, 0.25) is 0 Å². The summed E-state index contributed by atoms with van der Waals surface area (Å²) >= 11 is 0. The molecule has 0 saturated heterocycles. The number of benzene rings is 1.